The minimum absolute atomic E-state index is 0.424. The third-order valence-electron chi connectivity index (χ3n) is 2.94. The van der Waals surface area contributed by atoms with Crippen molar-refractivity contribution >= 4 is 5.69 Å². The van der Waals surface area contributed by atoms with Crippen molar-refractivity contribution in [1.29, 1.82) is 0 Å². The maximum Gasteiger partial charge on any atom is 0.238 e. The fourth-order valence-corrected chi connectivity index (χ4v) is 1.67. The molecule has 0 amide bonds. The Labute approximate surface area is 100 Å². The van der Waals surface area contributed by atoms with E-state index in [4.69, 9.17) is 10.5 Å². The third-order valence-corrected chi connectivity index (χ3v) is 2.94. The van der Waals surface area contributed by atoms with Crippen LogP contribution in [0.2, 0.25) is 0 Å². The fraction of sp³-hybridized carbons (Fsp3) is 0.333. The molecule has 2 aromatic heterocycles. The largest absolute Gasteiger partial charge is 0.479 e. The number of nitrogens with two attached hydrogens (primary N) is 1. The third kappa shape index (κ3) is 1.84. The molecule has 0 aliphatic rings. The van der Waals surface area contributed by atoms with Gasteiger partial charge in [-0.1, -0.05) is 0 Å². The first kappa shape index (κ1) is 11.4. The summed E-state index contributed by atoms with van der Waals surface area (Å²) in [6, 6.07) is 3.60. The minimum Gasteiger partial charge on any atom is -0.479 e. The molecule has 2 rings (SSSR count). The number of nitrogens with zero attached hydrogens (tertiary/aromatic N) is 3. The van der Waals surface area contributed by atoms with Gasteiger partial charge in [-0.05, 0) is 38.5 Å². The van der Waals surface area contributed by atoms with E-state index in [9.17, 15) is 0 Å². The predicted molar refractivity (Wildman–Crippen MR) is 66.5 cm³/mol. The smallest absolute Gasteiger partial charge is 0.238 e. The van der Waals surface area contributed by atoms with Gasteiger partial charge in [0.15, 0.2) is 5.82 Å². The van der Waals surface area contributed by atoms with E-state index >= 15 is 0 Å². The number of hydrogen-bond acceptors (Lipinski definition) is 4. The summed E-state index contributed by atoms with van der Waals surface area (Å²) < 4.78 is 6.91. The highest BCUT2D eigenvalue weighted by Crippen LogP contribution is 2.21. The van der Waals surface area contributed by atoms with E-state index in [0.29, 0.717) is 17.4 Å². The molecule has 0 spiro atoms. The van der Waals surface area contributed by atoms with Crippen LogP contribution in [-0.4, -0.2) is 21.9 Å². The lowest BCUT2D eigenvalue weighted by molar-refractivity contribution is 0.399. The molecule has 0 atom stereocenters. The zero-order chi connectivity index (χ0) is 12.6. The maximum absolute atomic E-state index is 5.73. The summed E-state index contributed by atoms with van der Waals surface area (Å²) in [7, 11) is 1.55. The van der Waals surface area contributed by atoms with Crippen LogP contribution in [-0.2, 0) is 0 Å². The highest BCUT2D eigenvalue weighted by molar-refractivity contribution is 5.50. The van der Waals surface area contributed by atoms with Crippen LogP contribution in [0.25, 0.3) is 5.82 Å². The fourth-order valence-electron chi connectivity index (χ4n) is 1.67. The van der Waals surface area contributed by atoms with Gasteiger partial charge < -0.3 is 10.5 Å². The van der Waals surface area contributed by atoms with Crippen molar-refractivity contribution in [3.05, 3.63) is 29.1 Å². The van der Waals surface area contributed by atoms with Gasteiger partial charge in [-0.25, -0.2) is 4.68 Å². The van der Waals surface area contributed by atoms with E-state index in [2.05, 4.69) is 10.1 Å². The standard InChI is InChI=1S/C12H16N4O/c1-7-8(2)15-16(9(7)3)11-6-5-10(13)12(14-11)17-4/h5-6H,13H2,1-4H3. The van der Waals surface area contributed by atoms with E-state index < -0.39 is 0 Å². The highest BCUT2D eigenvalue weighted by atomic mass is 16.5. The molecule has 0 aliphatic carbocycles. The SMILES string of the molecule is COc1nc(-n2nc(C)c(C)c2C)ccc1N. The molecule has 5 heteroatoms. The predicted octanol–water partition coefficient (Wildman–Crippen LogP) is 1.78. The zero-order valence-corrected chi connectivity index (χ0v) is 10.5. The molecule has 5 nitrogen and oxygen atoms in total. The van der Waals surface area contributed by atoms with Crippen molar-refractivity contribution in [3.63, 3.8) is 0 Å². The summed E-state index contributed by atoms with van der Waals surface area (Å²) in [4.78, 5) is 4.33. The van der Waals surface area contributed by atoms with E-state index in [1.165, 1.54) is 5.56 Å². The lowest BCUT2D eigenvalue weighted by Crippen LogP contribution is -2.04. The highest BCUT2D eigenvalue weighted by Gasteiger charge is 2.11. The maximum atomic E-state index is 5.73. The quantitative estimate of drug-likeness (QED) is 0.857. The second kappa shape index (κ2) is 4.08. The Hall–Kier alpha value is -2.04. The molecule has 0 saturated heterocycles. The van der Waals surface area contributed by atoms with E-state index in [0.717, 1.165) is 11.4 Å². The van der Waals surface area contributed by atoms with Crippen molar-refractivity contribution in [2.45, 2.75) is 20.8 Å². The summed E-state index contributed by atoms with van der Waals surface area (Å²) in [5, 5.41) is 4.44. The molecule has 2 N–H and O–H groups in total. The lowest BCUT2D eigenvalue weighted by atomic mass is 10.2. The Kier molecular flexibility index (Phi) is 2.75. The van der Waals surface area contributed by atoms with Crippen LogP contribution >= 0.6 is 0 Å². The Balaban J connectivity index is 2.57. The second-order valence-electron chi connectivity index (χ2n) is 3.98. The summed E-state index contributed by atoms with van der Waals surface area (Å²) in [6.07, 6.45) is 0. The zero-order valence-electron chi connectivity index (χ0n) is 10.5. The van der Waals surface area contributed by atoms with Crippen molar-refractivity contribution in [1.82, 2.24) is 14.8 Å². The Bertz CT molecular complexity index is 560. The Morgan fingerprint density at radius 2 is 1.94 bits per heavy atom. The monoisotopic (exact) mass is 232 g/mol. The molecule has 0 aromatic carbocycles. The van der Waals surface area contributed by atoms with Crippen LogP contribution in [0.5, 0.6) is 5.88 Å². The number of nitrogen functional groups attached to an aromatic ring is 1. The Morgan fingerprint density at radius 1 is 1.24 bits per heavy atom. The molecular weight excluding hydrogens is 216 g/mol. The van der Waals surface area contributed by atoms with Crippen LogP contribution in [0.3, 0.4) is 0 Å². The number of ether oxygens (including phenoxy) is 1. The van der Waals surface area contributed by atoms with E-state index in [1.807, 2.05) is 26.8 Å². The first-order valence-corrected chi connectivity index (χ1v) is 5.38. The first-order chi connectivity index (χ1) is 8.04. The number of hydrogen-bond donors (Lipinski definition) is 1. The van der Waals surface area contributed by atoms with Gasteiger partial charge in [-0.3, -0.25) is 0 Å². The van der Waals surface area contributed by atoms with Crippen LogP contribution < -0.4 is 10.5 Å². The van der Waals surface area contributed by atoms with E-state index in [1.54, 1.807) is 17.9 Å². The number of rotatable bonds is 2. The van der Waals surface area contributed by atoms with Crippen LogP contribution in [0.15, 0.2) is 12.1 Å². The molecular formula is C12H16N4O. The second-order valence-corrected chi connectivity index (χ2v) is 3.98. The van der Waals surface area contributed by atoms with Gasteiger partial charge in [0, 0.05) is 5.69 Å². The molecule has 90 valence electrons. The lowest BCUT2D eigenvalue weighted by Gasteiger charge is -2.07. The molecule has 0 saturated carbocycles. The van der Waals surface area contributed by atoms with Crippen molar-refractivity contribution in [2.75, 3.05) is 12.8 Å². The van der Waals surface area contributed by atoms with Gasteiger partial charge in [-0.2, -0.15) is 10.1 Å². The number of anilines is 1. The number of pyridine rings is 1. The van der Waals surface area contributed by atoms with Gasteiger partial charge >= 0.3 is 0 Å². The normalized spacial score (nSPS) is 10.6. The van der Waals surface area contributed by atoms with Gasteiger partial charge in [-0.15, -0.1) is 0 Å². The minimum atomic E-state index is 0.424. The number of aromatic nitrogens is 3. The van der Waals surface area contributed by atoms with Crippen LogP contribution in [0.4, 0.5) is 5.69 Å². The number of aryl methyl sites for hydroxylation is 1. The molecule has 0 fully saturated rings. The number of methoxy groups -OCH3 is 1. The van der Waals surface area contributed by atoms with Crippen LogP contribution in [0.1, 0.15) is 17.0 Å². The molecule has 0 radical (unpaired) electrons. The van der Waals surface area contributed by atoms with Crippen molar-refractivity contribution in [2.24, 2.45) is 0 Å². The topological polar surface area (TPSA) is 66.0 Å². The van der Waals surface area contributed by atoms with Gasteiger partial charge in [0.25, 0.3) is 0 Å². The first-order valence-electron chi connectivity index (χ1n) is 5.38. The van der Waals surface area contributed by atoms with Gasteiger partial charge in [0.1, 0.15) is 0 Å². The molecule has 0 bridgehead atoms. The van der Waals surface area contributed by atoms with Gasteiger partial charge in [0.2, 0.25) is 5.88 Å². The molecule has 17 heavy (non-hydrogen) atoms. The summed E-state index contributed by atoms with van der Waals surface area (Å²) in [5.74, 6) is 1.14. The Morgan fingerprint density at radius 3 is 2.47 bits per heavy atom. The summed E-state index contributed by atoms with van der Waals surface area (Å²) >= 11 is 0. The van der Waals surface area contributed by atoms with Crippen molar-refractivity contribution in [3.8, 4) is 11.7 Å². The van der Waals surface area contributed by atoms with Crippen LogP contribution in [0, 0.1) is 20.8 Å². The molecule has 0 aliphatic heterocycles. The summed E-state index contributed by atoms with van der Waals surface area (Å²) in [5.41, 5.74) is 9.50. The average molecular weight is 232 g/mol. The van der Waals surface area contributed by atoms with E-state index in [-0.39, 0.29) is 0 Å². The average Bonchev–Trinajstić information content (AvgIpc) is 2.58. The molecule has 2 aromatic rings. The van der Waals surface area contributed by atoms with Gasteiger partial charge in [0.05, 0.1) is 18.5 Å². The summed E-state index contributed by atoms with van der Waals surface area (Å²) in [6.45, 7) is 6.04. The van der Waals surface area contributed by atoms with Crippen molar-refractivity contribution < 1.29 is 4.74 Å². The molecule has 2 heterocycles. The molecule has 0 unspecified atom stereocenters.